The third-order valence-electron chi connectivity index (χ3n) is 3.71. The first-order valence-corrected chi connectivity index (χ1v) is 7.20. The largest absolute Gasteiger partial charge is 0.324 e. The predicted molar refractivity (Wildman–Crippen MR) is 84.8 cm³/mol. The van der Waals surface area contributed by atoms with E-state index >= 15 is 0 Å². The van der Waals surface area contributed by atoms with Gasteiger partial charge in [0, 0.05) is 18.3 Å². The molecule has 0 radical (unpaired) electrons. The van der Waals surface area contributed by atoms with E-state index in [1.807, 2.05) is 0 Å². The maximum absolute atomic E-state index is 13.2. The van der Waals surface area contributed by atoms with E-state index in [-0.39, 0.29) is 11.5 Å². The number of hydrogen-bond donors (Lipinski definition) is 2. The highest BCUT2D eigenvalue weighted by atomic mass is 19.1. The number of imide groups is 1. The van der Waals surface area contributed by atoms with Crippen LogP contribution in [0.3, 0.4) is 0 Å². The van der Waals surface area contributed by atoms with Crippen LogP contribution >= 0.6 is 0 Å². The summed E-state index contributed by atoms with van der Waals surface area (Å²) in [6, 6.07) is 10.7. The summed E-state index contributed by atoms with van der Waals surface area (Å²) in [6.07, 6.45) is 0. The lowest BCUT2D eigenvalue weighted by Gasteiger charge is -2.11. The monoisotopic (exact) mass is 327 g/mol. The summed E-state index contributed by atoms with van der Waals surface area (Å²) in [5.41, 5.74) is 1.18. The second-order valence-corrected chi connectivity index (χ2v) is 5.37. The van der Waals surface area contributed by atoms with Crippen LogP contribution in [0.2, 0.25) is 0 Å². The van der Waals surface area contributed by atoms with Gasteiger partial charge in [-0.3, -0.25) is 14.5 Å². The van der Waals surface area contributed by atoms with Gasteiger partial charge in [0.1, 0.15) is 11.9 Å². The molecule has 6 nitrogen and oxygen atoms in total. The molecule has 7 heteroatoms. The minimum absolute atomic E-state index is 0.186. The molecule has 122 valence electrons. The van der Waals surface area contributed by atoms with E-state index < -0.39 is 23.8 Å². The van der Waals surface area contributed by atoms with Crippen molar-refractivity contribution in [3.63, 3.8) is 0 Å². The van der Waals surface area contributed by atoms with Crippen molar-refractivity contribution in [2.24, 2.45) is 0 Å². The van der Waals surface area contributed by atoms with Gasteiger partial charge in [-0.25, -0.2) is 9.18 Å². The van der Waals surface area contributed by atoms with Crippen molar-refractivity contribution in [1.29, 1.82) is 0 Å². The summed E-state index contributed by atoms with van der Waals surface area (Å²) < 4.78 is 13.2. The summed E-state index contributed by atoms with van der Waals surface area (Å²) in [5, 5.41) is 5.21. The molecule has 0 saturated carbocycles. The number of amides is 4. The molecule has 2 aromatic rings. The van der Waals surface area contributed by atoms with Crippen LogP contribution in [0.1, 0.15) is 22.0 Å². The maximum Gasteiger partial charge on any atom is 0.324 e. The lowest BCUT2D eigenvalue weighted by atomic mass is 10.1. The van der Waals surface area contributed by atoms with Crippen LogP contribution in [-0.2, 0) is 4.79 Å². The molecule has 4 amide bonds. The number of nitrogens with zero attached hydrogens (tertiary/aromatic N) is 1. The van der Waals surface area contributed by atoms with Crippen LogP contribution < -0.4 is 10.6 Å². The van der Waals surface area contributed by atoms with Gasteiger partial charge in [0.25, 0.3) is 11.8 Å². The molecule has 2 N–H and O–H groups in total. The highest BCUT2D eigenvalue weighted by molar-refractivity contribution is 6.05. The van der Waals surface area contributed by atoms with Gasteiger partial charge in [-0.05, 0) is 35.9 Å². The fourth-order valence-electron chi connectivity index (χ4n) is 2.43. The minimum Gasteiger partial charge on any atom is -0.322 e. The highest BCUT2D eigenvalue weighted by Gasteiger charge is 2.36. The molecule has 0 bridgehead atoms. The Morgan fingerprint density at radius 1 is 1.17 bits per heavy atom. The van der Waals surface area contributed by atoms with Crippen LogP contribution in [0.15, 0.2) is 48.5 Å². The van der Waals surface area contributed by atoms with Gasteiger partial charge in [0.05, 0.1) is 0 Å². The number of urea groups is 1. The zero-order valence-corrected chi connectivity index (χ0v) is 12.7. The van der Waals surface area contributed by atoms with Crippen LogP contribution in [0.4, 0.5) is 14.9 Å². The number of carbonyl (C=O) groups excluding carboxylic acids is 3. The number of anilines is 1. The second-order valence-electron chi connectivity index (χ2n) is 5.37. The molecular weight excluding hydrogens is 313 g/mol. The molecule has 1 heterocycles. The van der Waals surface area contributed by atoms with E-state index in [9.17, 15) is 18.8 Å². The van der Waals surface area contributed by atoms with Gasteiger partial charge in [-0.1, -0.05) is 18.2 Å². The molecule has 1 unspecified atom stereocenters. The minimum atomic E-state index is -0.784. The van der Waals surface area contributed by atoms with E-state index in [2.05, 4.69) is 10.6 Å². The van der Waals surface area contributed by atoms with E-state index in [1.54, 1.807) is 24.3 Å². The molecule has 0 aliphatic carbocycles. The third-order valence-corrected chi connectivity index (χ3v) is 3.71. The van der Waals surface area contributed by atoms with Crippen LogP contribution in [0.5, 0.6) is 0 Å². The summed E-state index contributed by atoms with van der Waals surface area (Å²) in [7, 11) is 1.40. The average molecular weight is 327 g/mol. The molecule has 24 heavy (non-hydrogen) atoms. The first-order chi connectivity index (χ1) is 11.5. The molecule has 3 rings (SSSR count). The summed E-state index contributed by atoms with van der Waals surface area (Å²) >= 11 is 0. The average Bonchev–Trinajstić information content (AvgIpc) is 2.82. The number of carbonyl (C=O) groups is 3. The molecular formula is C17H14FN3O3. The van der Waals surface area contributed by atoms with Crippen LogP contribution in [-0.4, -0.2) is 29.8 Å². The Labute approximate surface area is 137 Å². The Hall–Kier alpha value is -3.22. The Bertz CT molecular complexity index is 837. The lowest BCUT2D eigenvalue weighted by molar-refractivity contribution is -0.126. The van der Waals surface area contributed by atoms with Gasteiger partial charge in [-0.15, -0.1) is 0 Å². The Morgan fingerprint density at radius 2 is 1.92 bits per heavy atom. The Morgan fingerprint density at radius 3 is 2.58 bits per heavy atom. The van der Waals surface area contributed by atoms with Crippen molar-refractivity contribution in [3.05, 3.63) is 65.5 Å². The number of benzene rings is 2. The molecule has 0 aromatic heterocycles. The predicted octanol–water partition coefficient (Wildman–Crippen LogP) is 2.30. The quantitative estimate of drug-likeness (QED) is 0.849. The number of halogens is 1. The molecule has 1 atom stereocenters. The molecule has 1 saturated heterocycles. The smallest absolute Gasteiger partial charge is 0.322 e. The number of rotatable bonds is 3. The molecule has 1 fully saturated rings. The fourth-order valence-corrected chi connectivity index (χ4v) is 2.43. The number of likely N-dealkylation sites (N-methyl/N-ethyl adjacent to an activating group) is 1. The third kappa shape index (κ3) is 2.96. The van der Waals surface area contributed by atoms with Crippen molar-refractivity contribution in [2.75, 3.05) is 12.4 Å². The topological polar surface area (TPSA) is 78.5 Å². The summed E-state index contributed by atoms with van der Waals surface area (Å²) in [6.45, 7) is 0. The van der Waals surface area contributed by atoms with Gasteiger partial charge in [0.2, 0.25) is 0 Å². The van der Waals surface area contributed by atoms with Gasteiger partial charge in [0.15, 0.2) is 0 Å². The van der Waals surface area contributed by atoms with Crippen molar-refractivity contribution >= 4 is 23.5 Å². The van der Waals surface area contributed by atoms with E-state index in [0.717, 1.165) is 11.0 Å². The van der Waals surface area contributed by atoms with E-state index in [4.69, 9.17) is 0 Å². The van der Waals surface area contributed by atoms with Crippen LogP contribution in [0, 0.1) is 5.82 Å². The zero-order chi connectivity index (χ0) is 17.3. The fraction of sp³-hybridized carbons (Fsp3) is 0.118. The first-order valence-electron chi connectivity index (χ1n) is 7.20. The normalized spacial score (nSPS) is 16.9. The highest BCUT2D eigenvalue weighted by Crippen LogP contribution is 2.23. The Kier molecular flexibility index (Phi) is 3.99. The molecule has 1 aliphatic heterocycles. The first kappa shape index (κ1) is 15.7. The summed E-state index contributed by atoms with van der Waals surface area (Å²) in [5.74, 6) is -1.34. The number of hydrogen-bond acceptors (Lipinski definition) is 3. The SMILES string of the molecule is CN1C(=O)NC(c2cccc(NC(=O)c3cccc(F)c3)c2)C1=O. The van der Waals surface area contributed by atoms with Crippen molar-refractivity contribution < 1.29 is 18.8 Å². The Balaban J connectivity index is 1.80. The molecule has 1 aliphatic rings. The van der Waals surface area contributed by atoms with E-state index in [1.165, 1.54) is 25.2 Å². The van der Waals surface area contributed by atoms with Crippen LogP contribution in [0.25, 0.3) is 0 Å². The van der Waals surface area contributed by atoms with Gasteiger partial charge < -0.3 is 10.6 Å². The standard InChI is InChI=1S/C17H14FN3O3/c1-21-16(23)14(20-17(21)24)10-4-3-7-13(9-10)19-15(22)11-5-2-6-12(18)8-11/h2-9,14H,1H3,(H,19,22)(H,20,24). The van der Waals surface area contributed by atoms with Crippen molar-refractivity contribution in [3.8, 4) is 0 Å². The molecule has 2 aromatic carbocycles. The summed E-state index contributed by atoms with van der Waals surface area (Å²) in [4.78, 5) is 36.7. The van der Waals surface area contributed by atoms with E-state index in [0.29, 0.717) is 11.3 Å². The lowest BCUT2D eigenvalue weighted by Crippen LogP contribution is -2.25. The second kappa shape index (κ2) is 6.11. The van der Waals surface area contributed by atoms with Gasteiger partial charge >= 0.3 is 6.03 Å². The van der Waals surface area contributed by atoms with Crippen molar-refractivity contribution in [2.45, 2.75) is 6.04 Å². The van der Waals surface area contributed by atoms with Crippen molar-refractivity contribution in [1.82, 2.24) is 10.2 Å². The van der Waals surface area contributed by atoms with Gasteiger partial charge in [-0.2, -0.15) is 0 Å². The zero-order valence-electron chi connectivity index (χ0n) is 12.7. The maximum atomic E-state index is 13.2. The number of nitrogens with one attached hydrogen (secondary N) is 2. The molecule has 0 spiro atoms.